The van der Waals surface area contributed by atoms with Gasteiger partial charge in [-0.15, -0.1) is 23.5 Å². The summed E-state index contributed by atoms with van der Waals surface area (Å²) in [6.45, 7) is 2.31. The van der Waals surface area contributed by atoms with Crippen molar-refractivity contribution >= 4 is 23.5 Å². The molecule has 0 unspecified atom stereocenters. The van der Waals surface area contributed by atoms with Crippen molar-refractivity contribution in [2.75, 3.05) is 18.1 Å². The molecule has 1 aliphatic heterocycles. The Labute approximate surface area is 93.7 Å². The van der Waals surface area contributed by atoms with Crippen LogP contribution in [0.2, 0.25) is 0 Å². The molecular weight excluding hydrogens is 187 g/mol. The Hall–Kier alpha value is 0.637. The Balaban J connectivity index is 0.00000121. The summed E-state index contributed by atoms with van der Waals surface area (Å²) in [4.78, 5) is 0. The van der Waals surface area contributed by atoms with Crippen molar-refractivity contribution in [3.05, 3.63) is 10.2 Å². The Morgan fingerprint density at radius 3 is 2.58 bits per heavy atom. The van der Waals surface area contributed by atoms with Gasteiger partial charge in [-0.2, -0.15) is 0 Å². The first-order chi connectivity index (χ1) is 5.34. The van der Waals surface area contributed by atoms with E-state index >= 15 is 0 Å². The van der Waals surface area contributed by atoms with E-state index in [0.29, 0.717) is 6.61 Å². The molecule has 1 fully saturated rings. The zero-order valence-electron chi connectivity index (χ0n) is 7.46. The smallest absolute Gasteiger partial charge is 0.612 e. The van der Waals surface area contributed by atoms with Gasteiger partial charge in [0.1, 0.15) is 0 Å². The second-order valence-electron chi connectivity index (χ2n) is 2.06. The zero-order chi connectivity index (χ0) is 8.10. The van der Waals surface area contributed by atoms with Crippen LogP contribution in [0.15, 0.2) is 10.2 Å². The minimum atomic E-state index is -0.137. The SMILES string of the molecule is CCOC([O-])=C1SCCCS1.[Li+]. The van der Waals surface area contributed by atoms with E-state index in [0.717, 1.165) is 15.7 Å². The van der Waals surface area contributed by atoms with Gasteiger partial charge in [-0.3, -0.25) is 0 Å². The maximum Gasteiger partial charge on any atom is 1.00 e. The van der Waals surface area contributed by atoms with Gasteiger partial charge in [0.15, 0.2) is 0 Å². The number of ether oxygens (including phenoxy) is 1. The van der Waals surface area contributed by atoms with Gasteiger partial charge in [-0.1, -0.05) is 6.92 Å². The molecule has 0 radical (unpaired) electrons. The van der Waals surface area contributed by atoms with E-state index in [2.05, 4.69) is 0 Å². The van der Waals surface area contributed by atoms with Crippen LogP contribution in [0.3, 0.4) is 0 Å². The number of thioether (sulfide) groups is 2. The Kier molecular flexibility index (Phi) is 7.46. The van der Waals surface area contributed by atoms with Crippen LogP contribution < -0.4 is 24.0 Å². The van der Waals surface area contributed by atoms with Gasteiger partial charge in [-0.25, -0.2) is 0 Å². The van der Waals surface area contributed by atoms with Crippen molar-refractivity contribution in [1.82, 2.24) is 0 Å². The molecule has 0 amide bonds. The second kappa shape index (κ2) is 7.08. The van der Waals surface area contributed by atoms with Crippen molar-refractivity contribution in [2.24, 2.45) is 0 Å². The van der Waals surface area contributed by atoms with Crippen LogP contribution in [-0.2, 0) is 4.74 Å². The van der Waals surface area contributed by atoms with Crippen LogP contribution in [0, 0.1) is 0 Å². The summed E-state index contributed by atoms with van der Waals surface area (Å²) >= 11 is 3.23. The minimum absolute atomic E-state index is 0. The van der Waals surface area contributed by atoms with E-state index in [-0.39, 0.29) is 24.8 Å². The van der Waals surface area contributed by atoms with Crippen molar-refractivity contribution in [3.8, 4) is 0 Å². The third kappa shape index (κ3) is 4.04. The van der Waals surface area contributed by atoms with Crippen molar-refractivity contribution in [1.29, 1.82) is 0 Å². The van der Waals surface area contributed by atoms with E-state index in [9.17, 15) is 5.11 Å². The van der Waals surface area contributed by atoms with Crippen LogP contribution in [0.1, 0.15) is 13.3 Å². The quantitative estimate of drug-likeness (QED) is 0.394. The summed E-state index contributed by atoms with van der Waals surface area (Å²) in [5, 5.41) is 11.1. The number of rotatable bonds is 2. The average Bonchev–Trinajstić information content (AvgIpc) is 2.07. The topological polar surface area (TPSA) is 32.3 Å². The molecule has 0 bridgehead atoms. The molecule has 0 N–H and O–H groups in total. The van der Waals surface area contributed by atoms with Crippen molar-refractivity contribution in [3.63, 3.8) is 0 Å². The van der Waals surface area contributed by atoms with E-state index in [1.54, 1.807) is 23.5 Å². The van der Waals surface area contributed by atoms with E-state index in [4.69, 9.17) is 4.74 Å². The fraction of sp³-hybridized carbons (Fsp3) is 0.714. The first-order valence-electron chi connectivity index (χ1n) is 3.64. The first-order valence-corrected chi connectivity index (χ1v) is 5.61. The van der Waals surface area contributed by atoms with Crippen LogP contribution in [0.5, 0.6) is 0 Å². The molecule has 1 saturated heterocycles. The first kappa shape index (κ1) is 12.6. The number of hydrogen-bond acceptors (Lipinski definition) is 4. The third-order valence-corrected chi connectivity index (χ3v) is 3.75. The molecule has 0 spiro atoms. The standard InChI is InChI=1S/C7H12O2S2.Li/c1-2-9-6(8)7-10-4-3-5-11-7;/h8H,2-5H2,1H3;/q;+1/p-1. The average molecular weight is 198 g/mol. The second-order valence-corrected chi connectivity index (χ2v) is 4.53. The van der Waals surface area contributed by atoms with Crippen LogP contribution in [-0.4, -0.2) is 18.1 Å². The predicted molar refractivity (Wildman–Crippen MR) is 48.2 cm³/mol. The zero-order valence-corrected chi connectivity index (χ0v) is 9.09. The van der Waals surface area contributed by atoms with E-state index in [1.807, 2.05) is 6.92 Å². The molecule has 2 nitrogen and oxygen atoms in total. The molecule has 5 heteroatoms. The molecule has 1 aliphatic rings. The minimum Gasteiger partial charge on any atom is -0.612 e. The van der Waals surface area contributed by atoms with Gasteiger partial charge in [-0.05, 0) is 24.5 Å². The molecule has 1 heterocycles. The van der Waals surface area contributed by atoms with Crippen molar-refractivity contribution < 1.29 is 28.7 Å². The Morgan fingerprint density at radius 2 is 2.08 bits per heavy atom. The van der Waals surface area contributed by atoms with Crippen molar-refractivity contribution in [2.45, 2.75) is 13.3 Å². The molecule has 0 atom stereocenters. The molecular formula is C7H11LiO2S2. The summed E-state index contributed by atoms with van der Waals surface area (Å²) < 4.78 is 5.70. The molecule has 0 aromatic heterocycles. The fourth-order valence-electron chi connectivity index (χ4n) is 0.738. The predicted octanol–water partition coefficient (Wildman–Crippen LogP) is -1.62. The summed E-state index contributed by atoms with van der Waals surface area (Å²) in [6, 6.07) is 0. The van der Waals surface area contributed by atoms with Crippen LogP contribution in [0.4, 0.5) is 0 Å². The fourth-order valence-corrected chi connectivity index (χ4v) is 3.06. The van der Waals surface area contributed by atoms with E-state index in [1.165, 1.54) is 6.42 Å². The summed E-state index contributed by atoms with van der Waals surface area (Å²) in [6.07, 6.45) is 1.19. The van der Waals surface area contributed by atoms with Gasteiger partial charge in [0, 0.05) is 0 Å². The molecule has 64 valence electrons. The number of hydrogen-bond donors (Lipinski definition) is 0. The van der Waals surface area contributed by atoms with Gasteiger partial charge in [0.05, 0.1) is 10.2 Å². The largest absolute Gasteiger partial charge is 1.00 e. The summed E-state index contributed by atoms with van der Waals surface area (Å²) in [7, 11) is 0. The van der Waals surface area contributed by atoms with Gasteiger partial charge >= 0.3 is 18.9 Å². The molecule has 0 aliphatic carbocycles. The maximum absolute atomic E-state index is 11.1. The third-order valence-electron chi connectivity index (χ3n) is 1.20. The monoisotopic (exact) mass is 198 g/mol. The van der Waals surface area contributed by atoms with Crippen LogP contribution in [0.25, 0.3) is 0 Å². The maximum atomic E-state index is 11.1. The summed E-state index contributed by atoms with van der Waals surface area (Å²) in [5.41, 5.74) is 0. The van der Waals surface area contributed by atoms with E-state index < -0.39 is 0 Å². The van der Waals surface area contributed by atoms with Gasteiger partial charge < -0.3 is 9.84 Å². The molecule has 0 aromatic rings. The van der Waals surface area contributed by atoms with Gasteiger partial charge in [0.2, 0.25) is 0 Å². The molecule has 1 rings (SSSR count). The van der Waals surface area contributed by atoms with Gasteiger partial charge in [0.25, 0.3) is 0 Å². The Bertz CT molecular complexity index is 153. The molecule has 0 saturated carbocycles. The van der Waals surface area contributed by atoms with Crippen LogP contribution >= 0.6 is 23.5 Å². The molecule has 12 heavy (non-hydrogen) atoms. The normalized spacial score (nSPS) is 16.6. The molecule has 0 aromatic carbocycles. The Morgan fingerprint density at radius 1 is 1.50 bits per heavy atom. The summed E-state index contributed by atoms with van der Waals surface area (Å²) in [5.74, 6) is 1.98.